The second kappa shape index (κ2) is 9.63. The summed E-state index contributed by atoms with van der Waals surface area (Å²) in [4.78, 5) is 29.6. The molecular weight excluding hydrogens is 549 g/mol. The molecule has 1 aliphatic rings. The highest BCUT2D eigenvalue weighted by Gasteiger charge is 2.63. The zero-order chi connectivity index (χ0) is 30.0. The first kappa shape index (κ1) is 28.2. The van der Waals surface area contributed by atoms with Gasteiger partial charge >= 0.3 is 6.09 Å². The average molecular weight is 576 g/mol. The van der Waals surface area contributed by atoms with Crippen LogP contribution in [0.4, 0.5) is 32.6 Å². The van der Waals surface area contributed by atoms with Gasteiger partial charge in [0.2, 0.25) is 12.6 Å². The molecule has 4 aromatic rings. The molecule has 0 radical (unpaired) electrons. The number of amides is 1. The molecule has 0 bridgehead atoms. The summed E-state index contributed by atoms with van der Waals surface area (Å²) < 4.78 is 78.0. The van der Waals surface area contributed by atoms with Gasteiger partial charge in [-0.1, -0.05) is 20.8 Å². The minimum Gasteiger partial charge on any atom is -0.465 e. The van der Waals surface area contributed by atoms with E-state index in [2.05, 4.69) is 19.9 Å². The number of carbonyl (C=O) groups is 1. The van der Waals surface area contributed by atoms with E-state index < -0.39 is 53.4 Å². The lowest BCUT2D eigenvalue weighted by Gasteiger charge is -2.58. The summed E-state index contributed by atoms with van der Waals surface area (Å²) in [5.74, 6) is -2.17. The number of rotatable bonds is 3. The number of nitrogens with zero attached hydrogens (tertiary/aromatic N) is 7. The Morgan fingerprint density at radius 2 is 1.61 bits per heavy atom. The number of hydrogen-bond donors (Lipinski definition) is 1. The van der Waals surface area contributed by atoms with E-state index in [1.807, 2.05) is 0 Å². The minimum atomic E-state index is -2.82. The molecule has 1 fully saturated rings. The van der Waals surface area contributed by atoms with Gasteiger partial charge in [-0.2, -0.15) is 0 Å². The van der Waals surface area contributed by atoms with Crippen molar-refractivity contribution in [2.45, 2.75) is 59.0 Å². The van der Waals surface area contributed by atoms with Gasteiger partial charge in [0.1, 0.15) is 29.3 Å². The number of fused-ring (bicyclic) bond motifs is 1. The molecule has 4 atom stereocenters. The summed E-state index contributed by atoms with van der Waals surface area (Å²) in [7, 11) is 0. The van der Waals surface area contributed by atoms with E-state index in [1.165, 1.54) is 50.9 Å². The van der Waals surface area contributed by atoms with Gasteiger partial charge in [-0.3, -0.25) is 19.8 Å². The second-order valence-electron chi connectivity index (χ2n) is 11.0. The van der Waals surface area contributed by atoms with Crippen LogP contribution < -0.4 is 4.90 Å². The van der Waals surface area contributed by atoms with Crippen molar-refractivity contribution in [3.8, 4) is 16.9 Å². The lowest BCUT2D eigenvalue weighted by atomic mass is 9.71. The number of hydrogen-bond acceptors (Lipinski definition) is 6. The summed E-state index contributed by atoms with van der Waals surface area (Å²) in [6, 6.07) is 2.75. The molecule has 5 rings (SSSR count). The molecule has 0 spiro atoms. The molecule has 0 aliphatic carbocycles. The maximum Gasteiger partial charge on any atom is 0.410 e. The van der Waals surface area contributed by atoms with E-state index >= 15 is 13.2 Å². The van der Waals surface area contributed by atoms with Crippen molar-refractivity contribution in [2.24, 2.45) is 5.41 Å². The summed E-state index contributed by atoms with van der Waals surface area (Å²) in [5, 5.41) is 9.78. The van der Waals surface area contributed by atoms with Crippen molar-refractivity contribution in [1.82, 2.24) is 29.4 Å². The normalized spacial score (nSPS) is 23.3. The average Bonchev–Trinajstić information content (AvgIpc) is 3.27. The van der Waals surface area contributed by atoms with Crippen molar-refractivity contribution in [1.29, 1.82) is 0 Å². The second-order valence-corrected chi connectivity index (χ2v) is 11.0. The largest absolute Gasteiger partial charge is 0.465 e. The van der Waals surface area contributed by atoms with Crippen molar-refractivity contribution >= 4 is 22.9 Å². The lowest BCUT2D eigenvalue weighted by Crippen LogP contribution is -2.76. The number of benzene rings is 1. The molecule has 14 heteroatoms. The van der Waals surface area contributed by atoms with Crippen molar-refractivity contribution in [3.63, 3.8) is 0 Å². The Bertz CT molecular complexity index is 1640. The maximum absolute atomic E-state index is 16.7. The fourth-order valence-electron chi connectivity index (χ4n) is 5.24. The Morgan fingerprint density at radius 1 is 0.976 bits per heavy atom. The number of anilines is 1. The number of aryl methyl sites for hydroxylation is 1. The standard InChI is InChI=1S/C27H26F5N7O2/c1-13-19(34-7-6-33-13)17-11-37(16-9-14(28)8-15(29)10-16)22-18(17)23(36-12-35-22)38-20(30)21(31)39(25(40)41)27(5,24(38)32)26(2,3)4/h6-12,20-21,24H,1-5H3,(H,40,41). The Hall–Kier alpha value is -4.36. The van der Waals surface area contributed by atoms with Crippen LogP contribution in [0, 0.1) is 24.0 Å². The van der Waals surface area contributed by atoms with Crippen molar-refractivity contribution in [3.05, 3.63) is 60.4 Å². The highest BCUT2D eigenvalue weighted by atomic mass is 19.2. The van der Waals surface area contributed by atoms with Gasteiger partial charge in [-0.25, -0.2) is 36.7 Å². The molecule has 3 aromatic heterocycles. The third-order valence-electron chi connectivity index (χ3n) is 7.74. The quantitative estimate of drug-likeness (QED) is 0.238. The SMILES string of the molecule is Cc1nccnc1-c1cn(-c2cc(F)cc(F)c2)c2ncnc(N3C(F)C(F)N(C(=O)O)C(C)(C(C)(C)C)C3F)c12. The molecule has 4 unspecified atom stereocenters. The Morgan fingerprint density at radius 3 is 2.20 bits per heavy atom. The first-order chi connectivity index (χ1) is 19.2. The van der Waals surface area contributed by atoms with Gasteiger partial charge in [-0.15, -0.1) is 0 Å². The third kappa shape index (κ3) is 4.23. The molecule has 1 N–H and O–H groups in total. The topological polar surface area (TPSA) is 100 Å². The van der Waals surface area contributed by atoms with E-state index in [0.29, 0.717) is 16.7 Å². The Labute approximate surface area is 231 Å². The fraction of sp³-hybridized carbons (Fsp3) is 0.370. The van der Waals surface area contributed by atoms with Crippen molar-refractivity contribution < 1.29 is 31.9 Å². The van der Waals surface area contributed by atoms with Crippen LogP contribution in [0.1, 0.15) is 33.4 Å². The van der Waals surface area contributed by atoms with Gasteiger partial charge in [0.15, 0.2) is 11.9 Å². The van der Waals surface area contributed by atoms with E-state index in [-0.39, 0.29) is 32.9 Å². The van der Waals surface area contributed by atoms with Crippen LogP contribution in [-0.4, -0.2) is 65.0 Å². The fourth-order valence-corrected chi connectivity index (χ4v) is 5.24. The smallest absolute Gasteiger partial charge is 0.410 e. The van der Waals surface area contributed by atoms with E-state index in [4.69, 9.17) is 0 Å². The van der Waals surface area contributed by atoms with Gasteiger partial charge in [0, 0.05) is 30.2 Å². The van der Waals surface area contributed by atoms with Crippen LogP contribution in [-0.2, 0) is 0 Å². The Balaban J connectivity index is 1.84. The number of halogens is 5. The van der Waals surface area contributed by atoms with Gasteiger partial charge in [0.25, 0.3) is 0 Å². The minimum absolute atomic E-state index is 0.00265. The number of alkyl halides is 3. The van der Waals surface area contributed by atoms with E-state index in [1.54, 1.807) is 6.92 Å². The predicted octanol–water partition coefficient (Wildman–Crippen LogP) is 5.96. The zero-order valence-corrected chi connectivity index (χ0v) is 22.6. The highest BCUT2D eigenvalue weighted by Crippen LogP contribution is 2.50. The van der Waals surface area contributed by atoms with E-state index in [9.17, 15) is 18.7 Å². The molecule has 4 heterocycles. The number of carboxylic acid groups (broad SMARTS) is 1. The molecular formula is C27H26F5N7O2. The predicted molar refractivity (Wildman–Crippen MR) is 139 cm³/mol. The molecule has 1 saturated heterocycles. The van der Waals surface area contributed by atoms with Gasteiger partial charge in [-0.05, 0) is 31.4 Å². The summed E-state index contributed by atoms with van der Waals surface area (Å²) in [6.07, 6.45) is -4.69. The number of aromatic nitrogens is 5. The molecule has 1 aromatic carbocycles. The molecule has 216 valence electrons. The molecule has 1 amide bonds. The van der Waals surface area contributed by atoms with Crippen LogP contribution in [0.5, 0.6) is 0 Å². The molecule has 0 saturated carbocycles. The van der Waals surface area contributed by atoms with E-state index in [0.717, 1.165) is 18.5 Å². The zero-order valence-electron chi connectivity index (χ0n) is 22.6. The van der Waals surface area contributed by atoms with Crippen LogP contribution in [0.15, 0.2) is 43.1 Å². The van der Waals surface area contributed by atoms with Crippen LogP contribution in [0.25, 0.3) is 28.0 Å². The van der Waals surface area contributed by atoms with Crippen LogP contribution >= 0.6 is 0 Å². The first-order valence-electron chi connectivity index (χ1n) is 12.5. The Kier molecular flexibility index (Phi) is 6.62. The third-order valence-corrected chi connectivity index (χ3v) is 7.74. The molecule has 9 nitrogen and oxygen atoms in total. The lowest BCUT2D eigenvalue weighted by molar-refractivity contribution is -0.148. The van der Waals surface area contributed by atoms with Crippen molar-refractivity contribution in [2.75, 3.05) is 4.90 Å². The summed E-state index contributed by atoms with van der Waals surface area (Å²) in [5.41, 5.74) is -2.51. The highest BCUT2D eigenvalue weighted by molar-refractivity contribution is 6.02. The van der Waals surface area contributed by atoms with Crippen LogP contribution in [0.3, 0.4) is 0 Å². The first-order valence-corrected chi connectivity index (χ1v) is 12.5. The maximum atomic E-state index is 16.7. The van der Waals surface area contributed by atoms with Gasteiger partial charge < -0.3 is 9.67 Å². The molecule has 41 heavy (non-hydrogen) atoms. The monoisotopic (exact) mass is 575 g/mol. The molecule has 1 aliphatic heterocycles. The number of piperazine rings is 1. The van der Waals surface area contributed by atoms with Crippen LogP contribution in [0.2, 0.25) is 0 Å². The summed E-state index contributed by atoms with van der Waals surface area (Å²) in [6.45, 7) is 7.37. The van der Waals surface area contributed by atoms with Gasteiger partial charge in [0.05, 0.1) is 22.5 Å². The summed E-state index contributed by atoms with van der Waals surface area (Å²) >= 11 is 0.